The quantitative estimate of drug-likeness (QED) is 0.837. The Morgan fingerprint density at radius 3 is 2.29 bits per heavy atom. The summed E-state index contributed by atoms with van der Waals surface area (Å²) in [7, 11) is 0. The second-order valence-corrected chi connectivity index (χ2v) is 5.62. The summed E-state index contributed by atoms with van der Waals surface area (Å²) in [4.78, 5) is 23.7. The molecule has 5 nitrogen and oxygen atoms in total. The van der Waals surface area contributed by atoms with Gasteiger partial charge in [0.15, 0.2) is 0 Å². The van der Waals surface area contributed by atoms with Crippen LogP contribution in [0.3, 0.4) is 0 Å². The molecule has 0 aliphatic heterocycles. The molecule has 0 heterocycles. The Hall–Kier alpha value is -2.04. The molecule has 2 rings (SSSR count). The van der Waals surface area contributed by atoms with Crippen molar-refractivity contribution in [3.05, 3.63) is 29.8 Å². The minimum atomic E-state index is -0.322. The van der Waals surface area contributed by atoms with E-state index in [0.29, 0.717) is 5.56 Å². The van der Waals surface area contributed by atoms with Gasteiger partial charge in [-0.1, -0.05) is 12.8 Å². The summed E-state index contributed by atoms with van der Waals surface area (Å²) in [6, 6.07) is 6.84. The molecule has 0 bridgehead atoms. The van der Waals surface area contributed by atoms with E-state index < -0.39 is 0 Å². The molecule has 0 unspecified atom stereocenters. The summed E-state index contributed by atoms with van der Waals surface area (Å²) in [5.74, 6) is 0.335. The third kappa shape index (κ3) is 4.48. The lowest BCUT2D eigenvalue weighted by molar-refractivity contribution is -0.125. The number of hydrogen-bond acceptors (Lipinski definition) is 3. The Morgan fingerprint density at radius 2 is 1.71 bits per heavy atom. The van der Waals surface area contributed by atoms with E-state index in [9.17, 15) is 9.59 Å². The van der Waals surface area contributed by atoms with Crippen LogP contribution in [0, 0.1) is 5.92 Å². The van der Waals surface area contributed by atoms with Gasteiger partial charge in [0.2, 0.25) is 5.91 Å². The highest BCUT2D eigenvalue weighted by atomic mass is 16.5. The van der Waals surface area contributed by atoms with E-state index >= 15 is 0 Å². The molecule has 0 saturated heterocycles. The van der Waals surface area contributed by atoms with Gasteiger partial charge in [-0.2, -0.15) is 0 Å². The van der Waals surface area contributed by atoms with Crippen LogP contribution in [-0.2, 0) is 4.79 Å². The predicted octanol–water partition coefficient (Wildman–Crippen LogP) is 2.43. The number of hydrazine groups is 1. The molecule has 1 aromatic rings. The van der Waals surface area contributed by atoms with Gasteiger partial charge in [-0.3, -0.25) is 20.4 Å². The van der Waals surface area contributed by atoms with Gasteiger partial charge in [-0.15, -0.1) is 0 Å². The van der Waals surface area contributed by atoms with Crippen LogP contribution in [0.1, 0.15) is 49.9 Å². The molecular weight excluding hydrogens is 268 g/mol. The molecular formula is C16H22N2O3. The average Bonchev–Trinajstić information content (AvgIpc) is 2.99. The third-order valence-corrected chi connectivity index (χ3v) is 3.51. The fourth-order valence-electron chi connectivity index (χ4n) is 2.44. The maximum absolute atomic E-state index is 11.9. The van der Waals surface area contributed by atoms with E-state index in [-0.39, 0.29) is 23.8 Å². The van der Waals surface area contributed by atoms with E-state index in [1.807, 2.05) is 13.8 Å². The second-order valence-electron chi connectivity index (χ2n) is 5.62. The smallest absolute Gasteiger partial charge is 0.269 e. The second kappa shape index (κ2) is 7.11. The van der Waals surface area contributed by atoms with Crippen LogP contribution in [0.4, 0.5) is 0 Å². The maximum atomic E-state index is 11.9. The molecule has 5 heteroatoms. The van der Waals surface area contributed by atoms with Crippen molar-refractivity contribution in [1.82, 2.24) is 10.9 Å². The molecule has 1 aliphatic rings. The molecule has 114 valence electrons. The molecule has 1 aromatic carbocycles. The van der Waals surface area contributed by atoms with Gasteiger partial charge in [-0.05, 0) is 51.0 Å². The number of hydrogen-bond donors (Lipinski definition) is 2. The lowest BCUT2D eigenvalue weighted by Gasteiger charge is -2.12. The SMILES string of the molecule is CC(C)Oc1ccc(C(=O)NNC(=O)C2CCCC2)cc1. The van der Waals surface area contributed by atoms with Gasteiger partial charge in [0.05, 0.1) is 6.10 Å². The molecule has 2 N–H and O–H groups in total. The van der Waals surface area contributed by atoms with Crippen molar-refractivity contribution in [3.8, 4) is 5.75 Å². The Labute approximate surface area is 125 Å². The fraction of sp³-hybridized carbons (Fsp3) is 0.500. The molecule has 1 fully saturated rings. The fourth-order valence-corrected chi connectivity index (χ4v) is 2.44. The van der Waals surface area contributed by atoms with Gasteiger partial charge in [-0.25, -0.2) is 0 Å². The molecule has 0 radical (unpaired) electrons. The number of ether oxygens (including phenoxy) is 1. The van der Waals surface area contributed by atoms with E-state index in [1.54, 1.807) is 24.3 Å². The van der Waals surface area contributed by atoms with Crippen molar-refractivity contribution in [2.24, 2.45) is 5.92 Å². The zero-order valence-corrected chi connectivity index (χ0v) is 12.5. The summed E-state index contributed by atoms with van der Waals surface area (Å²) in [5, 5.41) is 0. The number of benzene rings is 1. The Kier molecular flexibility index (Phi) is 5.20. The third-order valence-electron chi connectivity index (χ3n) is 3.51. The van der Waals surface area contributed by atoms with Gasteiger partial charge in [0, 0.05) is 11.5 Å². The first-order valence-corrected chi connectivity index (χ1v) is 7.43. The molecule has 0 spiro atoms. The molecule has 21 heavy (non-hydrogen) atoms. The summed E-state index contributed by atoms with van der Waals surface area (Å²) >= 11 is 0. The van der Waals surface area contributed by atoms with Gasteiger partial charge in [0.25, 0.3) is 5.91 Å². The van der Waals surface area contributed by atoms with Crippen molar-refractivity contribution in [3.63, 3.8) is 0 Å². The first kappa shape index (κ1) is 15.4. The standard InChI is InChI=1S/C16H22N2O3/c1-11(2)21-14-9-7-13(8-10-14)16(20)18-17-15(19)12-5-3-4-6-12/h7-12H,3-6H2,1-2H3,(H,17,19)(H,18,20). The van der Waals surface area contributed by atoms with Crippen molar-refractivity contribution >= 4 is 11.8 Å². The lowest BCUT2D eigenvalue weighted by Crippen LogP contribution is -2.44. The van der Waals surface area contributed by atoms with Gasteiger partial charge in [0.1, 0.15) is 5.75 Å². The molecule has 0 atom stereocenters. The van der Waals surface area contributed by atoms with Crippen LogP contribution in [0.15, 0.2) is 24.3 Å². The normalized spacial score (nSPS) is 15.0. The zero-order valence-electron chi connectivity index (χ0n) is 12.5. The van der Waals surface area contributed by atoms with Crippen molar-refractivity contribution < 1.29 is 14.3 Å². The van der Waals surface area contributed by atoms with E-state index in [0.717, 1.165) is 31.4 Å². The average molecular weight is 290 g/mol. The van der Waals surface area contributed by atoms with E-state index in [2.05, 4.69) is 10.9 Å². The number of carbonyl (C=O) groups is 2. The highest BCUT2D eigenvalue weighted by molar-refractivity contribution is 5.95. The zero-order chi connectivity index (χ0) is 15.2. The van der Waals surface area contributed by atoms with E-state index in [1.165, 1.54) is 0 Å². The number of carbonyl (C=O) groups excluding carboxylic acids is 2. The van der Waals surface area contributed by atoms with Crippen LogP contribution in [0.5, 0.6) is 5.75 Å². The number of rotatable bonds is 4. The summed E-state index contributed by atoms with van der Waals surface area (Å²) in [5.41, 5.74) is 5.44. The van der Waals surface area contributed by atoms with Crippen molar-refractivity contribution in [2.45, 2.75) is 45.6 Å². The highest BCUT2D eigenvalue weighted by Crippen LogP contribution is 2.24. The predicted molar refractivity (Wildman–Crippen MR) is 79.8 cm³/mol. The Morgan fingerprint density at radius 1 is 1.10 bits per heavy atom. The summed E-state index contributed by atoms with van der Waals surface area (Å²) < 4.78 is 5.51. The Balaban J connectivity index is 1.83. The minimum Gasteiger partial charge on any atom is -0.491 e. The van der Waals surface area contributed by atoms with Gasteiger partial charge >= 0.3 is 0 Å². The van der Waals surface area contributed by atoms with E-state index in [4.69, 9.17) is 4.74 Å². The maximum Gasteiger partial charge on any atom is 0.269 e. The monoisotopic (exact) mass is 290 g/mol. The Bertz CT molecular complexity index is 491. The van der Waals surface area contributed by atoms with Crippen LogP contribution in [-0.4, -0.2) is 17.9 Å². The number of nitrogens with one attached hydrogen (secondary N) is 2. The van der Waals surface area contributed by atoms with Crippen LogP contribution in [0.2, 0.25) is 0 Å². The molecule has 2 amide bonds. The minimum absolute atomic E-state index is 0.0344. The molecule has 1 saturated carbocycles. The van der Waals surface area contributed by atoms with Crippen molar-refractivity contribution in [1.29, 1.82) is 0 Å². The van der Waals surface area contributed by atoms with Crippen molar-refractivity contribution in [2.75, 3.05) is 0 Å². The lowest BCUT2D eigenvalue weighted by atomic mass is 10.1. The molecule has 0 aromatic heterocycles. The first-order valence-electron chi connectivity index (χ1n) is 7.43. The summed E-state index contributed by atoms with van der Waals surface area (Å²) in [6.07, 6.45) is 4.08. The first-order chi connectivity index (χ1) is 10.1. The van der Waals surface area contributed by atoms with Crippen LogP contribution in [0.25, 0.3) is 0 Å². The van der Waals surface area contributed by atoms with Gasteiger partial charge < -0.3 is 4.74 Å². The van der Waals surface area contributed by atoms with Crippen LogP contribution < -0.4 is 15.6 Å². The molecule has 1 aliphatic carbocycles. The summed E-state index contributed by atoms with van der Waals surface area (Å²) in [6.45, 7) is 3.89. The highest BCUT2D eigenvalue weighted by Gasteiger charge is 2.22. The van der Waals surface area contributed by atoms with Crippen LogP contribution >= 0.6 is 0 Å². The topological polar surface area (TPSA) is 67.4 Å². The number of amides is 2. The largest absolute Gasteiger partial charge is 0.491 e.